The molecule has 3 rings (SSSR count). The third-order valence-electron chi connectivity index (χ3n) is 4.39. The Morgan fingerprint density at radius 1 is 1.43 bits per heavy atom. The van der Waals surface area contributed by atoms with Crippen molar-refractivity contribution in [2.45, 2.75) is 38.6 Å². The number of anilines is 1. The van der Waals surface area contributed by atoms with Crippen LogP contribution in [0, 0.1) is 11.8 Å². The summed E-state index contributed by atoms with van der Waals surface area (Å²) in [5, 5.41) is 21.2. The van der Waals surface area contributed by atoms with Crippen molar-refractivity contribution in [2.75, 3.05) is 11.9 Å². The minimum Gasteiger partial charge on any atom is -0.480 e. The number of fused-ring (bicyclic) bond motifs is 1. The van der Waals surface area contributed by atoms with Gasteiger partial charge in [0.05, 0.1) is 0 Å². The average molecular weight is 310 g/mol. The Hall–Kier alpha value is -1.70. The molecule has 1 saturated heterocycles. The van der Waals surface area contributed by atoms with Crippen LogP contribution >= 0.6 is 11.3 Å². The Morgan fingerprint density at radius 2 is 2.24 bits per heavy atom. The number of hydrogen-bond donors (Lipinski definition) is 2. The molecule has 0 spiro atoms. The number of carbonyl (C=O) groups excluding carboxylic acids is 1. The summed E-state index contributed by atoms with van der Waals surface area (Å²) in [5.41, 5.74) is 0. The maximum Gasteiger partial charge on any atom is 0.326 e. The minimum atomic E-state index is -0.911. The van der Waals surface area contributed by atoms with Crippen molar-refractivity contribution in [3.63, 3.8) is 0 Å². The van der Waals surface area contributed by atoms with Crippen LogP contribution < -0.4 is 5.32 Å². The Bertz CT molecular complexity index is 561. The number of carboxylic acids is 1. The maximum absolute atomic E-state index is 12.3. The van der Waals surface area contributed by atoms with Crippen LogP contribution in [0.5, 0.6) is 0 Å². The predicted octanol–water partition coefficient (Wildman–Crippen LogP) is 1.82. The molecule has 2 N–H and O–H groups in total. The molecular weight excluding hydrogens is 292 g/mol. The molecule has 3 unspecified atom stereocenters. The molecule has 1 aliphatic heterocycles. The van der Waals surface area contributed by atoms with E-state index in [0.717, 1.165) is 30.7 Å². The van der Waals surface area contributed by atoms with E-state index in [1.54, 1.807) is 0 Å². The largest absolute Gasteiger partial charge is 0.480 e. The van der Waals surface area contributed by atoms with Gasteiger partial charge in [-0.3, -0.25) is 5.32 Å². The number of rotatable bonds is 3. The van der Waals surface area contributed by atoms with Crippen molar-refractivity contribution in [3.05, 3.63) is 5.01 Å². The van der Waals surface area contributed by atoms with Gasteiger partial charge in [-0.15, -0.1) is 10.2 Å². The minimum absolute atomic E-state index is 0.0915. The standard InChI is InChI=1S/C13H18N4O3S/c1-2-9-15-16-12(21-9)14-13(20)17-6-7-4-3-5-8(7)10(17)11(18)19/h7-8,10H,2-6H2,1H3,(H,18,19)(H,14,16,20). The van der Waals surface area contributed by atoms with Gasteiger partial charge in [-0.1, -0.05) is 24.7 Å². The van der Waals surface area contributed by atoms with Crippen LogP contribution in [0.25, 0.3) is 0 Å². The van der Waals surface area contributed by atoms with Crippen LogP contribution in [0.3, 0.4) is 0 Å². The number of amides is 2. The van der Waals surface area contributed by atoms with E-state index in [-0.39, 0.29) is 11.9 Å². The zero-order valence-corrected chi connectivity index (χ0v) is 12.6. The van der Waals surface area contributed by atoms with Crippen LogP contribution in [-0.4, -0.2) is 44.8 Å². The highest BCUT2D eigenvalue weighted by Crippen LogP contribution is 2.42. The fourth-order valence-electron chi connectivity index (χ4n) is 3.44. The topological polar surface area (TPSA) is 95.4 Å². The Balaban J connectivity index is 1.72. The smallest absolute Gasteiger partial charge is 0.326 e. The normalized spacial score (nSPS) is 27.7. The molecular formula is C13H18N4O3S. The van der Waals surface area contributed by atoms with Crippen molar-refractivity contribution in [1.29, 1.82) is 0 Å². The molecule has 1 aromatic heterocycles. The van der Waals surface area contributed by atoms with Gasteiger partial charge in [-0.25, -0.2) is 9.59 Å². The predicted molar refractivity (Wildman–Crippen MR) is 77.3 cm³/mol. The Labute approximate surface area is 126 Å². The lowest BCUT2D eigenvalue weighted by Crippen LogP contribution is -2.45. The third-order valence-corrected chi connectivity index (χ3v) is 5.37. The van der Waals surface area contributed by atoms with Crippen LogP contribution in [-0.2, 0) is 11.2 Å². The number of hydrogen-bond acceptors (Lipinski definition) is 5. The first-order valence-electron chi connectivity index (χ1n) is 7.23. The summed E-state index contributed by atoms with van der Waals surface area (Å²) in [7, 11) is 0. The Morgan fingerprint density at radius 3 is 2.90 bits per heavy atom. The van der Waals surface area contributed by atoms with Crippen LogP contribution in [0.2, 0.25) is 0 Å². The summed E-state index contributed by atoms with van der Waals surface area (Å²) >= 11 is 1.32. The van der Waals surface area contributed by atoms with Gasteiger partial charge in [0.2, 0.25) is 5.13 Å². The summed E-state index contributed by atoms with van der Waals surface area (Å²) in [5.74, 6) is -0.502. The first-order chi connectivity index (χ1) is 10.1. The quantitative estimate of drug-likeness (QED) is 0.888. The molecule has 7 nitrogen and oxygen atoms in total. The number of aliphatic carboxylic acids is 1. The van der Waals surface area contributed by atoms with Crippen LogP contribution in [0.4, 0.5) is 9.93 Å². The van der Waals surface area contributed by atoms with Crippen molar-refractivity contribution in [2.24, 2.45) is 11.8 Å². The summed E-state index contributed by atoms with van der Waals surface area (Å²) < 4.78 is 0. The first-order valence-corrected chi connectivity index (χ1v) is 8.04. The fraction of sp³-hybridized carbons (Fsp3) is 0.692. The van der Waals surface area contributed by atoms with Crippen LogP contribution in [0.1, 0.15) is 31.2 Å². The van der Waals surface area contributed by atoms with Crippen molar-refractivity contribution < 1.29 is 14.7 Å². The number of nitrogens with zero attached hydrogens (tertiary/aromatic N) is 3. The lowest BCUT2D eigenvalue weighted by molar-refractivity contribution is -0.142. The van der Waals surface area contributed by atoms with Gasteiger partial charge in [0.15, 0.2) is 0 Å². The average Bonchev–Trinajstić information content (AvgIpc) is 3.11. The van der Waals surface area contributed by atoms with E-state index in [1.165, 1.54) is 16.2 Å². The number of urea groups is 1. The molecule has 1 aliphatic carbocycles. The number of likely N-dealkylation sites (tertiary alicyclic amines) is 1. The molecule has 114 valence electrons. The molecule has 8 heteroatoms. The Kier molecular flexibility index (Phi) is 3.79. The second-order valence-electron chi connectivity index (χ2n) is 5.57. The van der Waals surface area contributed by atoms with Crippen molar-refractivity contribution >= 4 is 28.5 Å². The molecule has 2 heterocycles. The first kappa shape index (κ1) is 14.2. The SMILES string of the molecule is CCc1nnc(NC(=O)N2CC3CCCC3C2C(=O)O)s1. The third kappa shape index (κ3) is 2.59. The summed E-state index contributed by atoms with van der Waals surface area (Å²) in [6.45, 7) is 2.49. The highest BCUT2D eigenvalue weighted by atomic mass is 32.1. The molecule has 0 aromatic carbocycles. The number of carbonyl (C=O) groups is 2. The molecule has 0 radical (unpaired) electrons. The lowest BCUT2D eigenvalue weighted by Gasteiger charge is -2.23. The van der Waals surface area contributed by atoms with Gasteiger partial charge in [-0.05, 0) is 31.1 Å². The van der Waals surface area contributed by atoms with E-state index >= 15 is 0 Å². The molecule has 21 heavy (non-hydrogen) atoms. The van der Waals surface area contributed by atoms with Gasteiger partial charge in [0.25, 0.3) is 0 Å². The van der Waals surface area contributed by atoms with Gasteiger partial charge in [0, 0.05) is 6.54 Å². The molecule has 3 atom stereocenters. The summed E-state index contributed by atoms with van der Waals surface area (Å²) in [4.78, 5) is 25.3. The number of aromatic nitrogens is 2. The molecule has 2 fully saturated rings. The second-order valence-corrected chi connectivity index (χ2v) is 6.64. The lowest BCUT2D eigenvalue weighted by atomic mass is 9.94. The summed E-state index contributed by atoms with van der Waals surface area (Å²) in [6, 6.07) is -1.09. The number of aryl methyl sites for hydroxylation is 1. The monoisotopic (exact) mass is 310 g/mol. The van der Waals surface area contributed by atoms with Gasteiger partial charge >= 0.3 is 12.0 Å². The van der Waals surface area contributed by atoms with E-state index in [0.29, 0.717) is 17.6 Å². The zero-order chi connectivity index (χ0) is 15.0. The molecule has 1 aromatic rings. The van der Waals surface area contributed by atoms with Crippen molar-refractivity contribution in [3.8, 4) is 0 Å². The molecule has 2 aliphatic rings. The van der Waals surface area contributed by atoms with Gasteiger partial charge in [-0.2, -0.15) is 0 Å². The molecule has 0 bridgehead atoms. The fourth-order valence-corrected chi connectivity index (χ4v) is 4.11. The van der Waals surface area contributed by atoms with Crippen molar-refractivity contribution in [1.82, 2.24) is 15.1 Å². The van der Waals surface area contributed by atoms with E-state index in [4.69, 9.17) is 0 Å². The van der Waals surface area contributed by atoms with E-state index in [1.807, 2.05) is 6.92 Å². The summed E-state index contributed by atoms with van der Waals surface area (Å²) in [6.07, 6.45) is 3.73. The number of nitrogens with one attached hydrogen (secondary N) is 1. The maximum atomic E-state index is 12.3. The number of carboxylic acid groups (broad SMARTS) is 1. The highest BCUT2D eigenvalue weighted by molar-refractivity contribution is 7.15. The molecule has 1 saturated carbocycles. The van der Waals surface area contributed by atoms with E-state index in [2.05, 4.69) is 15.5 Å². The zero-order valence-electron chi connectivity index (χ0n) is 11.8. The second kappa shape index (κ2) is 5.59. The van der Waals surface area contributed by atoms with E-state index in [9.17, 15) is 14.7 Å². The van der Waals surface area contributed by atoms with Crippen LogP contribution in [0.15, 0.2) is 0 Å². The van der Waals surface area contributed by atoms with Gasteiger partial charge < -0.3 is 10.0 Å². The molecule has 2 amide bonds. The highest BCUT2D eigenvalue weighted by Gasteiger charge is 2.49. The van der Waals surface area contributed by atoms with Gasteiger partial charge in [0.1, 0.15) is 11.0 Å². The van der Waals surface area contributed by atoms with E-state index < -0.39 is 12.0 Å².